The summed E-state index contributed by atoms with van der Waals surface area (Å²) in [5.74, 6) is -0.280. The van der Waals surface area contributed by atoms with E-state index in [-0.39, 0.29) is 24.3 Å². The highest BCUT2D eigenvalue weighted by Crippen LogP contribution is 2.26. The average molecular weight is 366 g/mol. The van der Waals surface area contributed by atoms with Gasteiger partial charge in [-0.1, -0.05) is 30.3 Å². The van der Waals surface area contributed by atoms with Crippen molar-refractivity contribution < 1.29 is 9.59 Å². The zero-order valence-corrected chi connectivity index (χ0v) is 15.7. The van der Waals surface area contributed by atoms with Crippen LogP contribution in [-0.4, -0.2) is 59.3 Å². The standard InChI is InChI=1S/C21H26N4O2/c1-2-24-10-11-25(20(26)13-22)15-18(21(24)27)12-16-6-3-4-8-19(16)17-7-5-9-23-14-17/h3-9,14,18H,2,10-13,15,22H2,1H3/t18-/m0/s1. The number of aromatic nitrogens is 1. The Labute approximate surface area is 160 Å². The number of nitrogens with two attached hydrogens (primary N) is 1. The molecule has 0 bridgehead atoms. The first kappa shape index (κ1) is 19.0. The Kier molecular flexibility index (Phi) is 6.19. The zero-order chi connectivity index (χ0) is 19.2. The van der Waals surface area contributed by atoms with Crippen molar-refractivity contribution in [2.24, 2.45) is 11.7 Å². The monoisotopic (exact) mass is 366 g/mol. The Bertz CT molecular complexity index is 794. The Morgan fingerprint density at radius 3 is 2.74 bits per heavy atom. The molecule has 0 radical (unpaired) electrons. The second-order valence-electron chi connectivity index (χ2n) is 6.76. The molecule has 2 heterocycles. The molecule has 0 spiro atoms. The van der Waals surface area contributed by atoms with Crippen LogP contribution in [0.4, 0.5) is 0 Å². The number of hydrogen-bond donors (Lipinski definition) is 1. The fourth-order valence-corrected chi connectivity index (χ4v) is 3.63. The van der Waals surface area contributed by atoms with Gasteiger partial charge in [0.15, 0.2) is 0 Å². The number of pyridine rings is 1. The van der Waals surface area contributed by atoms with E-state index in [1.807, 2.05) is 54.4 Å². The van der Waals surface area contributed by atoms with Crippen LogP contribution in [0.1, 0.15) is 12.5 Å². The summed E-state index contributed by atoms with van der Waals surface area (Å²) in [7, 11) is 0. The third kappa shape index (κ3) is 4.34. The van der Waals surface area contributed by atoms with Crippen LogP contribution in [0.5, 0.6) is 0 Å². The molecule has 6 heteroatoms. The average Bonchev–Trinajstić information content (AvgIpc) is 2.87. The van der Waals surface area contributed by atoms with Crippen LogP contribution < -0.4 is 5.73 Å². The van der Waals surface area contributed by atoms with Crippen LogP contribution in [0.15, 0.2) is 48.8 Å². The molecule has 2 N–H and O–H groups in total. The van der Waals surface area contributed by atoms with Gasteiger partial charge >= 0.3 is 0 Å². The van der Waals surface area contributed by atoms with E-state index in [1.165, 1.54) is 0 Å². The maximum Gasteiger partial charge on any atom is 0.236 e. The lowest BCUT2D eigenvalue weighted by atomic mass is 9.91. The second kappa shape index (κ2) is 8.77. The summed E-state index contributed by atoms with van der Waals surface area (Å²) < 4.78 is 0. The quantitative estimate of drug-likeness (QED) is 0.871. The highest BCUT2D eigenvalue weighted by molar-refractivity contribution is 5.83. The summed E-state index contributed by atoms with van der Waals surface area (Å²) in [6.45, 7) is 4.09. The first-order valence-electron chi connectivity index (χ1n) is 9.39. The molecule has 1 aliphatic heterocycles. The van der Waals surface area contributed by atoms with Gasteiger partial charge < -0.3 is 15.5 Å². The van der Waals surface area contributed by atoms with Gasteiger partial charge in [-0.2, -0.15) is 0 Å². The predicted octanol–water partition coefficient (Wildman–Crippen LogP) is 1.56. The van der Waals surface area contributed by atoms with Crippen LogP contribution in [-0.2, 0) is 16.0 Å². The molecule has 1 aromatic carbocycles. The number of rotatable bonds is 5. The lowest BCUT2D eigenvalue weighted by Crippen LogP contribution is -2.40. The van der Waals surface area contributed by atoms with Gasteiger partial charge in [-0.25, -0.2) is 0 Å². The third-order valence-corrected chi connectivity index (χ3v) is 5.11. The molecule has 3 rings (SSSR count). The molecule has 1 saturated heterocycles. The highest BCUT2D eigenvalue weighted by atomic mass is 16.2. The largest absolute Gasteiger partial charge is 0.341 e. The predicted molar refractivity (Wildman–Crippen MR) is 105 cm³/mol. The van der Waals surface area contributed by atoms with Crippen molar-refractivity contribution in [1.29, 1.82) is 0 Å². The zero-order valence-electron chi connectivity index (χ0n) is 15.7. The summed E-state index contributed by atoms with van der Waals surface area (Å²) in [4.78, 5) is 33.0. The lowest BCUT2D eigenvalue weighted by Gasteiger charge is -2.24. The lowest BCUT2D eigenvalue weighted by molar-refractivity contribution is -0.134. The molecule has 142 valence electrons. The minimum absolute atomic E-state index is 0.0285. The summed E-state index contributed by atoms with van der Waals surface area (Å²) >= 11 is 0. The van der Waals surface area contributed by atoms with Crippen LogP contribution in [0, 0.1) is 5.92 Å². The van der Waals surface area contributed by atoms with E-state index in [0.717, 1.165) is 16.7 Å². The molecule has 1 atom stereocenters. The molecular formula is C21H26N4O2. The summed E-state index contributed by atoms with van der Waals surface area (Å²) in [5.41, 5.74) is 8.74. The SMILES string of the molecule is CCN1CCN(C(=O)CN)C[C@H](Cc2ccccc2-c2cccnc2)C1=O. The first-order valence-corrected chi connectivity index (χ1v) is 9.39. The van der Waals surface area contributed by atoms with Crippen LogP contribution >= 0.6 is 0 Å². The summed E-state index contributed by atoms with van der Waals surface area (Å²) in [6.07, 6.45) is 4.15. The maximum atomic E-state index is 13.0. The first-order chi connectivity index (χ1) is 13.1. The van der Waals surface area contributed by atoms with Crippen LogP contribution in [0.25, 0.3) is 11.1 Å². The third-order valence-electron chi connectivity index (χ3n) is 5.11. The van der Waals surface area contributed by atoms with Crippen molar-refractivity contribution in [1.82, 2.24) is 14.8 Å². The fourth-order valence-electron chi connectivity index (χ4n) is 3.63. The van der Waals surface area contributed by atoms with Crippen LogP contribution in [0.2, 0.25) is 0 Å². The molecule has 6 nitrogen and oxygen atoms in total. The molecule has 1 aromatic heterocycles. The van der Waals surface area contributed by atoms with Crippen LogP contribution in [0.3, 0.4) is 0 Å². The van der Waals surface area contributed by atoms with Crippen molar-refractivity contribution in [3.05, 3.63) is 54.4 Å². The van der Waals surface area contributed by atoms with E-state index in [0.29, 0.717) is 32.6 Å². The van der Waals surface area contributed by atoms with Crippen molar-refractivity contribution in [3.8, 4) is 11.1 Å². The van der Waals surface area contributed by atoms with E-state index < -0.39 is 0 Å². The summed E-state index contributed by atoms with van der Waals surface area (Å²) in [6, 6.07) is 12.0. The van der Waals surface area contributed by atoms with E-state index in [4.69, 9.17) is 5.73 Å². The van der Waals surface area contributed by atoms with E-state index >= 15 is 0 Å². The number of likely N-dealkylation sites (N-methyl/N-ethyl adjacent to an activating group) is 1. The number of hydrogen-bond acceptors (Lipinski definition) is 4. The van der Waals surface area contributed by atoms with Crippen molar-refractivity contribution >= 4 is 11.8 Å². The molecule has 0 aliphatic carbocycles. The van der Waals surface area contributed by atoms with Gasteiger partial charge in [0.1, 0.15) is 0 Å². The van der Waals surface area contributed by atoms with Crippen molar-refractivity contribution in [3.63, 3.8) is 0 Å². The Morgan fingerprint density at radius 2 is 2.04 bits per heavy atom. The topological polar surface area (TPSA) is 79.5 Å². The molecule has 2 amide bonds. The number of amides is 2. The van der Waals surface area contributed by atoms with Gasteiger partial charge in [0.2, 0.25) is 11.8 Å². The molecule has 2 aromatic rings. The number of nitrogens with zero attached hydrogens (tertiary/aromatic N) is 3. The van der Waals surface area contributed by atoms with Gasteiger partial charge in [0.05, 0.1) is 12.5 Å². The normalized spacial score (nSPS) is 17.7. The Hall–Kier alpha value is -2.73. The fraction of sp³-hybridized carbons (Fsp3) is 0.381. The van der Waals surface area contributed by atoms with Gasteiger partial charge in [-0.15, -0.1) is 0 Å². The van der Waals surface area contributed by atoms with Gasteiger partial charge in [-0.05, 0) is 30.5 Å². The van der Waals surface area contributed by atoms with Gasteiger partial charge in [-0.3, -0.25) is 14.6 Å². The molecule has 1 fully saturated rings. The van der Waals surface area contributed by atoms with Gasteiger partial charge in [0, 0.05) is 44.1 Å². The van der Waals surface area contributed by atoms with E-state index in [9.17, 15) is 9.59 Å². The molecule has 0 saturated carbocycles. The molecule has 27 heavy (non-hydrogen) atoms. The smallest absolute Gasteiger partial charge is 0.236 e. The minimum atomic E-state index is -0.277. The maximum absolute atomic E-state index is 13.0. The van der Waals surface area contributed by atoms with Crippen molar-refractivity contribution in [2.45, 2.75) is 13.3 Å². The second-order valence-corrected chi connectivity index (χ2v) is 6.76. The van der Waals surface area contributed by atoms with E-state index in [1.54, 1.807) is 11.1 Å². The number of carbonyl (C=O) groups is 2. The number of benzene rings is 1. The van der Waals surface area contributed by atoms with Gasteiger partial charge in [0.25, 0.3) is 0 Å². The summed E-state index contributed by atoms with van der Waals surface area (Å²) in [5, 5.41) is 0. The minimum Gasteiger partial charge on any atom is -0.341 e. The Balaban J connectivity index is 1.90. The van der Waals surface area contributed by atoms with E-state index in [2.05, 4.69) is 4.98 Å². The highest BCUT2D eigenvalue weighted by Gasteiger charge is 2.31. The Morgan fingerprint density at radius 1 is 1.22 bits per heavy atom. The molecule has 0 unspecified atom stereocenters. The van der Waals surface area contributed by atoms with Crippen molar-refractivity contribution in [2.75, 3.05) is 32.7 Å². The molecular weight excluding hydrogens is 340 g/mol. The molecule has 1 aliphatic rings. The number of carbonyl (C=O) groups excluding carboxylic acids is 2.